The number of hydrogen-bond donors (Lipinski definition) is 0. The summed E-state index contributed by atoms with van der Waals surface area (Å²) >= 11 is 2.17. The van der Waals surface area contributed by atoms with Gasteiger partial charge in [-0.2, -0.15) is 11.8 Å². The zero-order valence-electron chi connectivity index (χ0n) is 9.13. The molecule has 1 saturated heterocycles. The number of ether oxygens (including phenoxy) is 1. The molecule has 1 saturated carbocycles. The number of thioether (sulfide) groups is 1. The fourth-order valence-electron chi connectivity index (χ4n) is 2.59. The van der Waals surface area contributed by atoms with Crippen molar-refractivity contribution < 1.29 is 4.74 Å². The Kier molecular flexibility index (Phi) is 4.18. The summed E-state index contributed by atoms with van der Waals surface area (Å²) in [7, 11) is 1.86. The standard InChI is InChI=1S/C12H21OS/c1-13-11-7-8-14-12(9-11)10-5-3-2-4-6-10/h11-12H,2-9H2,1H3. The van der Waals surface area contributed by atoms with Crippen molar-refractivity contribution in [3.05, 3.63) is 5.92 Å². The molecule has 81 valence electrons. The van der Waals surface area contributed by atoms with Gasteiger partial charge in [0.25, 0.3) is 0 Å². The summed E-state index contributed by atoms with van der Waals surface area (Å²) in [5, 5.41) is 0.828. The molecule has 0 amide bonds. The van der Waals surface area contributed by atoms with Crippen molar-refractivity contribution >= 4 is 11.8 Å². The molecule has 2 atom stereocenters. The SMILES string of the molecule is COC1CCSC([C]2CCCCC2)C1. The average Bonchev–Trinajstić information content (AvgIpc) is 2.30. The van der Waals surface area contributed by atoms with Crippen LogP contribution in [0.2, 0.25) is 0 Å². The van der Waals surface area contributed by atoms with Gasteiger partial charge in [-0.05, 0) is 37.4 Å². The second-order valence-electron chi connectivity index (χ2n) is 4.46. The van der Waals surface area contributed by atoms with Crippen LogP contribution < -0.4 is 0 Å². The Labute approximate surface area is 92.0 Å². The fraction of sp³-hybridized carbons (Fsp3) is 0.917. The molecule has 1 aliphatic heterocycles. The molecule has 0 spiro atoms. The number of methoxy groups -OCH3 is 1. The lowest BCUT2D eigenvalue weighted by Gasteiger charge is -2.35. The fourth-order valence-corrected chi connectivity index (χ4v) is 4.10. The Hall–Kier alpha value is 0.310. The van der Waals surface area contributed by atoms with Crippen molar-refractivity contribution in [2.24, 2.45) is 0 Å². The normalized spacial score (nSPS) is 35.8. The van der Waals surface area contributed by atoms with Gasteiger partial charge in [-0.15, -0.1) is 0 Å². The molecule has 14 heavy (non-hydrogen) atoms. The summed E-state index contributed by atoms with van der Waals surface area (Å²) in [5.74, 6) is 3.13. The van der Waals surface area contributed by atoms with Gasteiger partial charge in [-0.1, -0.05) is 19.3 Å². The van der Waals surface area contributed by atoms with E-state index in [1.807, 2.05) is 13.0 Å². The molecule has 2 rings (SSSR count). The van der Waals surface area contributed by atoms with Crippen LogP contribution in [0.1, 0.15) is 44.9 Å². The molecule has 2 aliphatic rings. The molecule has 1 heterocycles. The third-order valence-corrected chi connectivity index (χ3v) is 4.92. The van der Waals surface area contributed by atoms with Crippen LogP contribution in [0.15, 0.2) is 0 Å². The third kappa shape index (κ3) is 2.66. The van der Waals surface area contributed by atoms with Gasteiger partial charge in [0.2, 0.25) is 0 Å². The zero-order chi connectivity index (χ0) is 9.80. The van der Waals surface area contributed by atoms with Gasteiger partial charge in [0.05, 0.1) is 6.10 Å². The van der Waals surface area contributed by atoms with E-state index in [4.69, 9.17) is 4.74 Å². The molecular formula is C12H21OS. The summed E-state index contributed by atoms with van der Waals surface area (Å²) in [6.45, 7) is 0. The summed E-state index contributed by atoms with van der Waals surface area (Å²) in [5.41, 5.74) is 0. The maximum absolute atomic E-state index is 5.49. The third-order valence-electron chi connectivity index (χ3n) is 3.52. The minimum atomic E-state index is 0.538. The minimum absolute atomic E-state index is 0.538. The number of rotatable bonds is 2. The average molecular weight is 213 g/mol. The molecule has 0 aromatic rings. The second-order valence-corrected chi connectivity index (χ2v) is 5.77. The van der Waals surface area contributed by atoms with Crippen LogP contribution in [0.5, 0.6) is 0 Å². The van der Waals surface area contributed by atoms with E-state index >= 15 is 0 Å². The largest absolute Gasteiger partial charge is 0.381 e. The predicted molar refractivity (Wildman–Crippen MR) is 62.6 cm³/mol. The van der Waals surface area contributed by atoms with Crippen molar-refractivity contribution in [3.63, 3.8) is 0 Å². The molecule has 0 bridgehead atoms. The van der Waals surface area contributed by atoms with Gasteiger partial charge in [-0.3, -0.25) is 0 Å². The van der Waals surface area contributed by atoms with Gasteiger partial charge in [0.15, 0.2) is 0 Å². The predicted octanol–water partition coefficient (Wildman–Crippen LogP) is 3.44. The molecule has 0 N–H and O–H groups in total. The van der Waals surface area contributed by atoms with Crippen molar-refractivity contribution in [2.45, 2.75) is 56.3 Å². The van der Waals surface area contributed by atoms with Crippen LogP contribution in [0, 0.1) is 5.92 Å². The molecule has 2 unspecified atom stereocenters. The van der Waals surface area contributed by atoms with Crippen LogP contribution in [0.25, 0.3) is 0 Å². The maximum atomic E-state index is 5.49. The first-order valence-electron chi connectivity index (χ1n) is 5.89. The summed E-state index contributed by atoms with van der Waals surface area (Å²) in [6.07, 6.45) is 10.2. The van der Waals surface area contributed by atoms with E-state index in [2.05, 4.69) is 11.8 Å². The van der Waals surface area contributed by atoms with Crippen molar-refractivity contribution in [1.82, 2.24) is 0 Å². The Morgan fingerprint density at radius 2 is 2.00 bits per heavy atom. The minimum Gasteiger partial charge on any atom is -0.381 e. The molecule has 0 aromatic heterocycles. The van der Waals surface area contributed by atoms with Crippen molar-refractivity contribution in [1.29, 1.82) is 0 Å². The summed E-state index contributed by atoms with van der Waals surface area (Å²) in [4.78, 5) is 0. The van der Waals surface area contributed by atoms with Crippen LogP contribution >= 0.6 is 11.8 Å². The number of hydrogen-bond acceptors (Lipinski definition) is 2. The van der Waals surface area contributed by atoms with E-state index in [1.54, 1.807) is 0 Å². The Morgan fingerprint density at radius 1 is 1.21 bits per heavy atom. The lowest BCUT2D eigenvalue weighted by molar-refractivity contribution is 0.0897. The Balaban J connectivity index is 1.83. The zero-order valence-corrected chi connectivity index (χ0v) is 9.94. The molecule has 0 aromatic carbocycles. The second kappa shape index (κ2) is 5.41. The van der Waals surface area contributed by atoms with E-state index in [-0.39, 0.29) is 0 Å². The summed E-state index contributed by atoms with van der Waals surface area (Å²) < 4.78 is 5.49. The quantitative estimate of drug-likeness (QED) is 0.695. The Morgan fingerprint density at radius 3 is 2.71 bits per heavy atom. The first-order valence-corrected chi connectivity index (χ1v) is 6.94. The maximum Gasteiger partial charge on any atom is 0.0590 e. The lowest BCUT2D eigenvalue weighted by Crippen LogP contribution is -2.29. The van der Waals surface area contributed by atoms with E-state index < -0.39 is 0 Å². The van der Waals surface area contributed by atoms with Crippen LogP contribution in [0.3, 0.4) is 0 Å². The highest BCUT2D eigenvalue weighted by atomic mass is 32.2. The Bertz CT molecular complexity index is 166. The highest BCUT2D eigenvalue weighted by molar-refractivity contribution is 8.00. The van der Waals surface area contributed by atoms with E-state index in [0.717, 1.165) is 5.25 Å². The van der Waals surface area contributed by atoms with Crippen LogP contribution in [-0.4, -0.2) is 24.2 Å². The molecule has 1 radical (unpaired) electrons. The first-order chi connectivity index (χ1) is 6.90. The molecule has 1 nitrogen and oxygen atoms in total. The smallest absolute Gasteiger partial charge is 0.0590 e. The van der Waals surface area contributed by atoms with Gasteiger partial charge in [0.1, 0.15) is 0 Å². The summed E-state index contributed by atoms with van der Waals surface area (Å²) in [6, 6.07) is 0. The first kappa shape index (κ1) is 10.8. The van der Waals surface area contributed by atoms with Crippen molar-refractivity contribution in [2.75, 3.05) is 12.9 Å². The van der Waals surface area contributed by atoms with E-state index in [9.17, 15) is 0 Å². The highest BCUT2D eigenvalue weighted by Crippen LogP contribution is 2.40. The van der Waals surface area contributed by atoms with E-state index in [0.29, 0.717) is 6.10 Å². The van der Waals surface area contributed by atoms with Gasteiger partial charge >= 0.3 is 0 Å². The molecule has 2 fully saturated rings. The van der Waals surface area contributed by atoms with Crippen molar-refractivity contribution in [3.8, 4) is 0 Å². The van der Waals surface area contributed by atoms with E-state index in [1.165, 1.54) is 50.7 Å². The monoisotopic (exact) mass is 213 g/mol. The highest BCUT2D eigenvalue weighted by Gasteiger charge is 2.30. The lowest BCUT2D eigenvalue weighted by atomic mass is 9.84. The molecule has 2 heteroatoms. The van der Waals surface area contributed by atoms with Gasteiger partial charge in [-0.25, -0.2) is 0 Å². The van der Waals surface area contributed by atoms with Crippen LogP contribution in [-0.2, 0) is 4.74 Å². The van der Waals surface area contributed by atoms with Gasteiger partial charge < -0.3 is 4.74 Å². The van der Waals surface area contributed by atoms with Crippen LogP contribution in [0.4, 0.5) is 0 Å². The molecular weight excluding hydrogens is 192 g/mol. The molecule has 1 aliphatic carbocycles. The topological polar surface area (TPSA) is 9.23 Å². The van der Waals surface area contributed by atoms with Gasteiger partial charge in [0, 0.05) is 12.4 Å².